The monoisotopic (exact) mass is 1810 g/mol. The van der Waals surface area contributed by atoms with E-state index in [2.05, 4.69) is 26.8 Å². The Bertz CT molecular complexity index is 5710. The van der Waals surface area contributed by atoms with Gasteiger partial charge in [0.15, 0.2) is 0 Å². The Morgan fingerprint density at radius 1 is 0.313 bits per heavy atom. The second-order valence-electron chi connectivity index (χ2n) is 38.3. The zero-order valence-corrected chi connectivity index (χ0v) is 76.6. The topological polar surface area (TPSA) is 338 Å². The Hall–Kier alpha value is -12.7. The van der Waals surface area contributed by atoms with Crippen LogP contribution < -0.4 is 4.74 Å². The molecule has 0 bridgehead atoms. The third-order valence-corrected chi connectivity index (χ3v) is 30.8. The van der Waals surface area contributed by atoms with E-state index in [1.807, 2.05) is 69.3 Å². The van der Waals surface area contributed by atoms with Crippen LogP contribution in [-0.2, 0) is 69.5 Å². The summed E-state index contributed by atoms with van der Waals surface area (Å²) in [7, 11) is 1.65. The largest absolute Gasteiger partial charge is 0.496 e. The average molecular weight is 1820 g/mol. The molecule has 698 valence electrons. The molecule has 8 aromatic rings. The minimum Gasteiger partial charge on any atom is -0.496 e. The number of methoxy groups -OCH3 is 1. The molecule has 12 amide bonds. The summed E-state index contributed by atoms with van der Waals surface area (Å²) in [5, 5.41) is 39.2. The number of carbonyl (C=O) groups excluding carboxylic acids is 12. The molecule has 0 spiro atoms. The van der Waals surface area contributed by atoms with Crippen molar-refractivity contribution in [3.63, 3.8) is 0 Å². The highest BCUT2D eigenvalue weighted by molar-refractivity contribution is 6.24. The fraction of sp³-hybridized carbons (Fsp3) is 0.435. The molecule has 26 nitrogen and oxygen atoms in total. The lowest BCUT2D eigenvalue weighted by Gasteiger charge is -2.42. The number of aliphatic carboxylic acids is 1. The van der Waals surface area contributed by atoms with Gasteiger partial charge in [0.1, 0.15) is 5.75 Å². The lowest BCUT2D eigenvalue weighted by molar-refractivity contribution is -0.153. The molecule has 8 aliphatic heterocycles. The third kappa shape index (κ3) is 17.9. The van der Waals surface area contributed by atoms with Crippen LogP contribution in [0.5, 0.6) is 5.75 Å². The van der Waals surface area contributed by atoms with Crippen molar-refractivity contribution < 1.29 is 87.5 Å². The van der Waals surface area contributed by atoms with Gasteiger partial charge >= 0.3 is 5.97 Å². The van der Waals surface area contributed by atoms with E-state index in [0.717, 1.165) is 139 Å². The number of benzene rings is 8. The van der Waals surface area contributed by atoms with Gasteiger partial charge in [-0.05, 0) is 205 Å². The molecule has 0 aromatic heterocycles. The quantitative estimate of drug-likeness (QED) is 0.0615. The minimum absolute atomic E-state index is 0.00409. The molecule has 4 saturated carbocycles. The minimum atomic E-state index is -0.984. The molecule has 8 aromatic carbocycles. The van der Waals surface area contributed by atoms with Gasteiger partial charge in [0.05, 0.1) is 134 Å². The Morgan fingerprint density at radius 2 is 0.619 bits per heavy atom. The highest BCUT2D eigenvalue weighted by atomic mass is 16.5. The van der Waals surface area contributed by atoms with Crippen LogP contribution in [0.4, 0.5) is 0 Å². The van der Waals surface area contributed by atoms with Crippen LogP contribution in [0.15, 0.2) is 170 Å². The molecular formula is C108H118N8O18. The van der Waals surface area contributed by atoms with Crippen LogP contribution in [0.1, 0.15) is 292 Å². The first-order chi connectivity index (χ1) is 64.9. The number of aliphatic hydroxyl groups excluding tert-OH is 3. The molecule has 0 saturated heterocycles. The highest BCUT2D eigenvalue weighted by Gasteiger charge is 2.50. The summed E-state index contributed by atoms with van der Waals surface area (Å²) in [6.07, 6.45) is 17.8. The predicted octanol–water partition coefficient (Wildman–Crippen LogP) is 14.5. The van der Waals surface area contributed by atoms with E-state index in [0.29, 0.717) is 131 Å². The first-order valence-corrected chi connectivity index (χ1v) is 48.0. The van der Waals surface area contributed by atoms with Gasteiger partial charge in [-0.15, -0.1) is 0 Å². The molecule has 8 heterocycles. The lowest BCUT2D eigenvalue weighted by atomic mass is 9.77. The van der Waals surface area contributed by atoms with E-state index in [4.69, 9.17) is 4.74 Å². The molecule has 134 heavy (non-hydrogen) atoms. The number of hydrogen-bond donors (Lipinski definition) is 4. The number of carboxylic acids is 1. The van der Waals surface area contributed by atoms with Gasteiger partial charge in [-0.3, -0.25) is 81.9 Å². The molecule has 4 N–H and O–H groups in total. The van der Waals surface area contributed by atoms with E-state index >= 15 is 0 Å². The molecule has 4 aliphatic carbocycles. The Kier molecular flexibility index (Phi) is 28.0. The van der Waals surface area contributed by atoms with Gasteiger partial charge in [-0.2, -0.15) is 0 Å². The standard InChI is InChI=1S/C28H30N2O7.2C27H30N2O4.C26H28N2O3/c31-14-17-11-16-9-10-29(25(33)21-7-3-4-8-22(21)28(36)37)24(23(16)12-18(17)15-32)13-30-26(34)19-5-1-2-6-20(19)27(30)35;1-17-8-3-4-9-18(17)25(30)28-15-14-20-19(12-7-13-24(20)33-2)23(28)16-29-26(31)21-10-5-6-11-22(21)27(29)32;1-17-6-2-3-7-20(17)25(31)28-13-12-19-11-10-18(16-30)14-23(19)24(28)15-29-26(32)21-8-4-5-9-22(21)27(29)33;1-17-8-2-4-10-19(17)24(29)27-15-14-18-9-3-5-11-20(18)23(27)16-28-25(30)21-12-6-7-13-22(21)26(28)31/h1-2,5-6,11-12,21-22,24,31-32H,3-4,7-10,13-15H2,(H,36,37);5-7,10-13,17-18,23H,3-4,8-9,14-16H2,1-2H3;4-5,8-11,14,17,20,24,30H,2-3,6-7,12-13,15-16H2,1H3;3,5-7,9,11-13,17,19,23H,2,4,8,10,14-16H2,1H3/t21-,22+,24-;17-,18+,23+;17-,20+,24+;17-,19+,23+/m1000/s1. The van der Waals surface area contributed by atoms with Gasteiger partial charge in [0.25, 0.3) is 47.3 Å². The van der Waals surface area contributed by atoms with E-state index in [1.54, 1.807) is 121 Å². The Morgan fingerprint density at radius 3 is 0.993 bits per heavy atom. The van der Waals surface area contributed by atoms with E-state index in [1.165, 1.54) is 33.1 Å². The van der Waals surface area contributed by atoms with Crippen molar-refractivity contribution in [1.29, 1.82) is 0 Å². The van der Waals surface area contributed by atoms with Gasteiger partial charge in [0, 0.05) is 49.5 Å². The number of ether oxygens (including phenoxy) is 1. The number of carboxylic acid groups (broad SMARTS) is 1. The number of rotatable bonds is 17. The van der Waals surface area contributed by atoms with Crippen LogP contribution in [0.3, 0.4) is 0 Å². The first-order valence-electron chi connectivity index (χ1n) is 48.0. The van der Waals surface area contributed by atoms with Gasteiger partial charge in [-0.25, -0.2) is 0 Å². The number of aliphatic hydroxyl groups is 3. The Balaban J connectivity index is 0.000000125. The molecule has 12 atom stereocenters. The summed E-state index contributed by atoms with van der Waals surface area (Å²) in [4.78, 5) is 185. The number of carbonyl (C=O) groups is 13. The number of amides is 12. The zero-order valence-electron chi connectivity index (χ0n) is 76.6. The second-order valence-corrected chi connectivity index (χ2v) is 38.3. The first kappa shape index (κ1) is 93.2. The molecule has 12 aliphatic rings. The van der Waals surface area contributed by atoms with Crippen LogP contribution in [0.2, 0.25) is 0 Å². The molecule has 20 rings (SSSR count). The third-order valence-electron chi connectivity index (χ3n) is 30.8. The SMILES string of the molecule is COc1cccc2c1CCN(C(=O)[C@@H]1CCCC[C@@H]1C)[C@@H]2CN1C(=O)c2ccccc2C1=O.C[C@H]1CCCC[C@H]1C(=O)N1CCc2ccc(CO)cc2[C@H]1CN1C(=O)c2ccccc2C1=O.C[C@H]1CCCC[C@H]1C(=O)N1CCc2ccccc2[C@H]1CN1C(=O)c2ccccc2C1=O.O=C(O)[C@H]1CCCC[C@H]1C(=O)N1CCc2cc(CO)c(CO)cc2[C@H]1CN1C(=O)c2ccccc2C1=O. The molecule has 0 unspecified atom stereocenters. The summed E-state index contributed by atoms with van der Waals surface area (Å²) >= 11 is 0. The number of hydrogen-bond acceptors (Lipinski definition) is 17. The van der Waals surface area contributed by atoms with Crippen LogP contribution in [0, 0.1) is 47.3 Å². The maximum atomic E-state index is 13.9. The summed E-state index contributed by atoms with van der Waals surface area (Å²) in [5.74, 6) is -2.99. The van der Waals surface area contributed by atoms with E-state index in [9.17, 15) is 82.8 Å². The fourth-order valence-corrected chi connectivity index (χ4v) is 23.3. The van der Waals surface area contributed by atoms with E-state index in [-0.39, 0.29) is 135 Å². The number of fused-ring (bicyclic) bond motifs is 8. The van der Waals surface area contributed by atoms with Crippen LogP contribution >= 0.6 is 0 Å². The summed E-state index contributed by atoms with van der Waals surface area (Å²) in [6, 6.07) is 48.9. The van der Waals surface area contributed by atoms with Crippen LogP contribution in [-0.4, -0.2) is 196 Å². The van der Waals surface area contributed by atoms with Crippen molar-refractivity contribution in [2.75, 3.05) is 59.5 Å². The van der Waals surface area contributed by atoms with Crippen molar-refractivity contribution in [1.82, 2.24) is 39.2 Å². The van der Waals surface area contributed by atoms with Gasteiger partial charge in [0.2, 0.25) is 23.6 Å². The van der Waals surface area contributed by atoms with E-state index < -0.39 is 41.7 Å². The van der Waals surface area contributed by atoms with Crippen molar-refractivity contribution in [3.05, 3.63) is 276 Å². The van der Waals surface area contributed by atoms with Crippen molar-refractivity contribution >= 4 is 76.9 Å². The summed E-state index contributed by atoms with van der Waals surface area (Å²) < 4.78 is 5.60. The maximum absolute atomic E-state index is 13.9. The van der Waals surface area contributed by atoms with Gasteiger partial charge in [-0.1, -0.05) is 187 Å². The average Bonchev–Trinajstić information content (AvgIpc) is 1.37. The summed E-state index contributed by atoms with van der Waals surface area (Å²) in [5.41, 5.74) is 13.0. The lowest BCUT2D eigenvalue weighted by Crippen LogP contribution is -2.50. The maximum Gasteiger partial charge on any atom is 0.307 e. The smallest absolute Gasteiger partial charge is 0.307 e. The Labute approximate surface area is 780 Å². The summed E-state index contributed by atoms with van der Waals surface area (Å²) in [6.45, 7) is 8.29. The second kappa shape index (κ2) is 40.3. The predicted molar refractivity (Wildman–Crippen MR) is 496 cm³/mol. The zero-order chi connectivity index (χ0) is 94.0. The van der Waals surface area contributed by atoms with Crippen molar-refractivity contribution in [2.24, 2.45) is 47.3 Å². The van der Waals surface area contributed by atoms with Gasteiger partial charge < -0.3 is 44.8 Å². The van der Waals surface area contributed by atoms with Crippen molar-refractivity contribution in [3.8, 4) is 5.75 Å². The normalized spacial score (nSPS) is 24.4. The molecule has 4 fully saturated rings. The fourth-order valence-electron chi connectivity index (χ4n) is 23.3. The van der Waals surface area contributed by atoms with Crippen molar-refractivity contribution in [2.45, 2.75) is 193 Å². The number of imide groups is 4. The highest BCUT2D eigenvalue weighted by Crippen LogP contribution is 2.46. The molecular weight excluding hydrogens is 1700 g/mol. The molecule has 26 heteroatoms. The van der Waals surface area contributed by atoms with Crippen LogP contribution in [0.25, 0.3) is 0 Å². The number of nitrogens with zero attached hydrogens (tertiary/aromatic N) is 8. The molecule has 0 radical (unpaired) electrons.